The van der Waals surface area contributed by atoms with Gasteiger partial charge < -0.3 is 4.74 Å². The van der Waals surface area contributed by atoms with Crippen molar-refractivity contribution in [3.63, 3.8) is 0 Å². The molecule has 0 saturated carbocycles. The minimum Gasteiger partial charge on any atom is -0.493 e. The lowest BCUT2D eigenvalue weighted by Crippen LogP contribution is -2.13. The number of fused-ring (bicyclic) bond motifs is 1. The number of hydrogen-bond acceptors (Lipinski definition) is 1. The van der Waals surface area contributed by atoms with Crippen LogP contribution in [0.1, 0.15) is 23.5 Å². The quantitative estimate of drug-likeness (QED) is 0.639. The molecule has 0 bridgehead atoms. The van der Waals surface area contributed by atoms with E-state index in [1.807, 2.05) is 18.2 Å². The van der Waals surface area contributed by atoms with Gasteiger partial charge >= 0.3 is 0 Å². The van der Waals surface area contributed by atoms with Crippen molar-refractivity contribution in [2.75, 3.05) is 11.9 Å². The van der Waals surface area contributed by atoms with E-state index in [1.165, 1.54) is 11.1 Å². The van der Waals surface area contributed by atoms with E-state index in [0.717, 1.165) is 35.6 Å². The number of halogens is 2. The van der Waals surface area contributed by atoms with Crippen LogP contribution < -0.4 is 4.74 Å². The van der Waals surface area contributed by atoms with E-state index in [-0.39, 0.29) is 0 Å². The highest BCUT2D eigenvalue weighted by atomic mass is 79.9. The first-order valence-electron chi connectivity index (χ1n) is 7.29. The summed E-state index contributed by atoms with van der Waals surface area (Å²) in [6.45, 7) is 0.797. The molecule has 0 N–H and O–H groups in total. The number of ether oxygens (including phenoxy) is 1. The standard InChI is InChI=1S/C18H18BrClO/c19-11-13(9-14-5-1-3-7-17(14)20)10-15-12-21-18-8-4-2-6-16(15)18/h1-8,13,15H,9-12H2. The monoisotopic (exact) mass is 364 g/mol. The molecule has 1 nitrogen and oxygen atoms in total. The highest BCUT2D eigenvalue weighted by Crippen LogP contribution is 2.38. The minimum absolute atomic E-state index is 0.492. The van der Waals surface area contributed by atoms with Crippen molar-refractivity contribution in [3.8, 4) is 5.75 Å². The van der Waals surface area contributed by atoms with Crippen LogP contribution in [-0.4, -0.2) is 11.9 Å². The average molecular weight is 366 g/mol. The van der Waals surface area contributed by atoms with Crippen LogP contribution in [0, 0.1) is 5.92 Å². The number of alkyl halides is 1. The molecule has 3 heteroatoms. The van der Waals surface area contributed by atoms with Crippen LogP contribution in [0.25, 0.3) is 0 Å². The molecule has 0 aromatic heterocycles. The van der Waals surface area contributed by atoms with Crippen LogP contribution in [0.2, 0.25) is 5.02 Å². The molecule has 0 saturated heterocycles. The zero-order valence-electron chi connectivity index (χ0n) is 11.8. The summed E-state index contributed by atoms with van der Waals surface area (Å²) in [6, 6.07) is 16.5. The number of para-hydroxylation sites is 1. The second-order valence-corrected chi connectivity index (χ2v) is 6.65. The number of rotatable bonds is 5. The molecule has 2 aromatic rings. The van der Waals surface area contributed by atoms with Crippen molar-refractivity contribution >= 4 is 27.5 Å². The summed E-state index contributed by atoms with van der Waals surface area (Å²) in [5.41, 5.74) is 2.58. The van der Waals surface area contributed by atoms with Gasteiger partial charge in [0.05, 0.1) is 6.61 Å². The molecule has 2 atom stereocenters. The Hall–Kier alpha value is -0.990. The number of hydrogen-bond donors (Lipinski definition) is 0. The zero-order valence-corrected chi connectivity index (χ0v) is 14.1. The molecular weight excluding hydrogens is 348 g/mol. The largest absolute Gasteiger partial charge is 0.493 e. The third-order valence-electron chi connectivity index (χ3n) is 4.10. The Morgan fingerprint density at radius 2 is 1.90 bits per heavy atom. The van der Waals surface area contributed by atoms with Gasteiger partial charge in [0.15, 0.2) is 0 Å². The number of benzene rings is 2. The summed E-state index contributed by atoms with van der Waals surface area (Å²) < 4.78 is 5.79. The van der Waals surface area contributed by atoms with Gasteiger partial charge in [-0.15, -0.1) is 0 Å². The molecule has 2 unspecified atom stereocenters. The highest BCUT2D eigenvalue weighted by molar-refractivity contribution is 9.09. The Morgan fingerprint density at radius 1 is 1.14 bits per heavy atom. The summed E-state index contributed by atoms with van der Waals surface area (Å²) in [5, 5.41) is 1.85. The maximum atomic E-state index is 6.28. The molecule has 0 aliphatic carbocycles. The summed E-state index contributed by atoms with van der Waals surface area (Å²) in [5.74, 6) is 2.10. The van der Waals surface area contributed by atoms with Crippen LogP contribution in [0.4, 0.5) is 0 Å². The Bertz CT molecular complexity index is 614. The molecule has 110 valence electrons. The van der Waals surface area contributed by atoms with Gasteiger partial charge in [0.1, 0.15) is 5.75 Å². The third kappa shape index (κ3) is 3.44. The third-order valence-corrected chi connectivity index (χ3v) is 5.39. The van der Waals surface area contributed by atoms with E-state index >= 15 is 0 Å². The molecule has 0 radical (unpaired) electrons. The lowest BCUT2D eigenvalue weighted by molar-refractivity contribution is 0.311. The molecule has 3 rings (SSSR count). The molecule has 0 fully saturated rings. The summed E-state index contributed by atoms with van der Waals surface area (Å²) in [6.07, 6.45) is 2.12. The van der Waals surface area contributed by atoms with E-state index in [0.29, 0.717) is 11.8 Å². The first kappa shape index (κ1) is 14.9. The van der Waals surface area contributed by atoms with E-state index < -0.39 is 0 Å². The van der Waals surface area contributed by atoms with Gasteiger partial charge in [-0.05, 0) is 36.5 Å². The lowest BCUT2D eigenvalue weighted by atomic mass is 9.88. The minimum atomic E-state index is 0.492. The van der Waals surface area contributed by atoms with E-state index in [4.69, 9.17) is 16.3 Å². The van der Waals surface area contributed by atoms with Crippen LogP contribution in [0.15, 0.2) is 48.5 Å². The lowest BCUT2D eigenvalue weighted by Gasteiger charge is -2.18. The maximum absolute atomic E-state index is 6.28. The SMILES string of the molecule is Clc1ccccc1CC(CBr)CC1COc2ccccc21. The highest BCUT2D eigenvalue weighted by Gasteiger charge is 2.26. The summed E-state index contributed by atoms with van der Waals surface area (Å²) in [7, 11) is 0. The fourth-order valence-corrected chi connectivity index (χ4v) is 3.71. The summed E-state index contributed by atoms with van der Waals surface area (Å²) >= 11 is 9.94. The van der Waals surface area contributed by atoms with Crippen LogP contribution >= 0.6 is 27.5 Å². The first-order valence-corrected chi connectivity index (χ1v) is 8.79. The molecule has 2 aromatic carbocycles. The van der Waals surface area contributed by atoms with Crippen LogP contribution in [0.5, 0.6) is 5.75 Å². The predicted octanol–water partition coefficient (Wildman–Crippen LogP) is 5.46. The molecule has 1 heterocycles. The van der Waals surface area contributed by atoms with Crippen molar-refractivity contribution in [1.82, 2.24) is 0 Å². The van der Waals surface area contributed by atoms with Gasteiger partial charge in [-0.25, -0.2) is 0 Å². The average Bonchev–Trinajstić information content (AvgIpc) is 2.92. The second-order valence-electron chi connectivity index (χ2n) is 5.60. The van der Waals surface area contributed by atoms with Gasteiger partial charge in [0.2, 0.25) is 0 Å². The van der Waals surface area contributed by atoms with E-state index in [1.54, 1.807) is 0 Å². The molecule has 0 spiro atoms. The molecule has 21 heavy (non-hydrogen) atoms. The van der Waals surface area contributed by atoms with E-state index in [2.05, 4.69) is 46.3 Å². The van der Waals surface area contributed by atoms with E-state index in [9.17, 15) is 0 Å². The molecule has 1 aliphatic rings. The maximum Gasteiger partial charge on any atom is 0.122 e. The smallest absolute Gasteiger partial charge is 0.122 e. The molecular formula is C18H18BrClO. The molecule has 0 amide bonds. The second kappa shape index (κ2) is 6.85. The van der Waals surface area contributed by atoms with Crippen molar-refractivity contribution in [1.29, 1.82) is 0 Å². The van der Waals surface area contributed by atoms with Crippen molar-refractivity contribution in [2.45, 2.75) is 18.8 Å². The van der Waals surface area contributed by atoms with Gasteiger partial charge in [0.25, 0.3) is 0 Å². The fourth-order valence-electron chi connectivity index (χ4n) is 3.00. The Labute approximate surface area is 139 Å². The first-order chi connectivity index (χ1) is 10.3. The zero-order chi connectivity index (χ0) is 14.7. The van der Waals surface area contributed by atoms with Gasteiger partial charge in [0, 0.05) is 21.8 Å². The van der Waals surface area contributed by atoms with Crippen molar-refractivity contribution in [2.24, 2.45) is 5.92 Å². The topological polar surface area (TPSA) is 9.23 Å². The van der Waals surface area contributed by atoms with Crippen LogP contribution in [0.3, 0.4) is 0 Å². The van der Waals surface area contributed by atoms with Crippen molar-refractivity contribution < 1.29 is 4.74 Å². The summed E-state index contributed by atoms with van der Waals surface area (Å²) in [4.78, 5) is 0. The van der Waals surface area contributed by atoms with Crippen LogP contribution in [-0.2, 0) is 6.42 Å². The van der Waals surface area contributed by atoms with Gasteiger partial charge in [-0.1, -0.05) is 63.9 Å². The van der Waals surface area contributed by atoms with Crippen molar-refractivity contribution in [3.05, 3.63) is 64.7 Å². The Kier molecular flexibility index (Phi) is 4.87. The van der Waals surface area contributed by atoms with Gasteiger partial charge in [-0.2, -0.15) is 0 Å². The Balaban J connectivity index is 1.70. The van der Waals surface area contributed by atoms with Gasteiger partial charge in [-0.3, -0.25) is 0 Å². The normalized spacial score (nSPS) is 18.1. The predicted molar refractivity (Wildman–Crippen MR) is 91.7 cm³/mol. The fraction of sp³-hybridized carbons (Fsp3) is 0.333. The molecule has 1 aliphatic heterocycles. The Morgan fingerprint density at radius 3 is 2.71 bits per heavy atom.